The lowest BCUT2D eigenvalue weighted by Gasteiger charge is -2.08. The molecule has 0 atom stereocenters. The lowest BCUT2D eigenvalue weighted by molar-refractivity contribution is 0.0494. The van der Waals surface area contributed by atoms with Gasteiger partial charge < -0.3 is 4.74 Å². The summed E-state index contributed by atoms with van der Waals surface area (Å²) >= 11 is 3.08. The van der Waals surface area contributed by atoms with Gasteiger partial charge >= 0.3 is 5.97 Å². The fraction of sp³-hybridized carbons (Fsp3) is 0.462. The molecule has 1 rings (SSSR count). The normalized spacial score (nSPS) is 11.7. The molecule has 0 radical (unpaired) electrons. The molecule has 0 aliphatic heterocycles. The second-order valence-corrected chi connectivity index (χ2v) is 8.14. The highest BCUT2D eigenvalue weighted by Crippen LogP contribution is 2.26. The van der Waals surface area contributed by atoms with E-state index in [0.29, 0.717) is 17.0 Å². The smallest absolute Gasteiger partial charge is 0.338 e. The summed E-state index contributed by atoms with van der Waals surface area (Å²) in [5.74, 6) is -0.00259. The van der Waals surface area contributed by atoms with E-state index in [2.05, 4.69) is 29.8 Å². The Morgan fingerprint density at radius 2 is 2.05 bits per heavy atom. The van der Waals surface area contributed by atoms with Gasteiger partial charge in [0.2, 0.25) is 0 Å². The maximum Gasteiger partial charge on any atom is 0.338 e. The first kappa shape index (κ1) is 17.5. The Bertz CT molecular complexity index is 584. The van der Waals surface area contributed by atoms with E-state index in [9.17, 15) is 13.2 Å². The number of carbonyl (C=O) groups is 1. The Balaban J connectivity index is 2.75. The molecule has 4 nitrogen and oxygen atoms in total. The Kier molecular flexibility index (Phi) is 6.48. The number of esters is 1. The SMILES string of the molecule is CC(C)CCCOC(=O)c1ccc(Br)c(S(=O)(=O)Cl)c1. The van der Waals surface area contributed by atoms with Gasteiger partial charge in [-0.15, -0.1) is 0 Å². The molecule has 1 aromatic rings. The van der Waals surface area contributed by atoms with Gasteiger partial charge in [0.1, 0.15) is 0 Å². The first-order valence-electron chi connectivity index (χ1n) is 6.13. The molecule has 0 fully saturated rings. The monoisotopic (exact) mass is 382 g/mol. The predicted molar refractivity (Wildman–Crippen MR) is 81.5 cm³/mol. The Morgan fingerprint density at radius 3 is 2.60 bits per heavy atom. The minimum absolute atomic E-state index is 0.143. The van der Waals surface area contributed by atoms with Crippen LogP contribution in [-0.4, -0.2) is 21.0 Å². The van der Waals surface area contributed by atoms with Crippen molar-refractivity contribution in [1.29, 1.82) is 0 Å². The molecular formula is C13H16BrClO4S. The average Bonchev–Trinajstić information content (AvgIpc) is 2.33. The third kappa shape index (κ3) is 5.42. The summed E-state index contributed by atoms with van der Waals surface area (Å²) in [7, 11) is 1.38. The van der Waals surface area contributed by atoms with Gasteiger partial charge in [-0.2, -0.15) is 0 Å². The number of hydrogen-bond donors (Lipinski definition) is 0. The molecule has 0 amide bonds. The fourth-order valence-corrected chi connectivity index (χ4v) is 3.67. The maximum atomic E-state index is 11.8. The average molecular weight is 384 g/mol. The lowest BCUT2D eigenvalue weighted by atomic mass is 10.1. The Hall–Kier alpha value is -0.590. The number of carbonyl (C=O) groups excluding carboxylic acids is 1. The largest absolute Gasteiger partial charge is 0.462 e. The van der Waals surface area contributed by atoms with Gasteiger partial charge in [0.05, 0.1) is 17.1 Å². The summed E-state index contributed by atoms with van der Waals surface area (Å²) in [6.45, 7) is 4.50. The van der Waals surface area contributed by atoms with Crippen LogP contribution in [0.5, 0.6) is 0 Å². The number of rotatable bonds is 6. The van der Waals surface area contributed by atoms with Crippen LogP contribution >= 0.6 is 26.6 Å². The molecule has 7 heteroatoms. The van der Waals surface area contributed by atoms with E-state index >= 15 is 0 Å². The van der Waals surface area contributed by atoms with Crippen molar-refractivity contribution in [3.05, 3.63) is 28.2 Å². The molecule has 0 saturated carbocycles. The van der Waals surface area contributed by atoms with Crippen molar-refractivity contribution in [3.8, 4) is 0 Å². The Labute approximate surface area is 132 Å². The molecule has 0 saturated heterocycles. The summed E-state index contributed by atoms with van der Waals surface area (Å²) in [5.41, 5.74) is 0.164. The van der Waals surface area contributed by atoms with Crippen molar-refractivity contribution in [2.45, 2.75) is 31.6 Å². The molecule has 0 heterocycles. The van der Waals surface area contributed by atoms with Crippen LogP contribution in [0.1, 0.15) is 37.0 Å². The van der Waals surface area contributed by atoms with Crippen LogP contribution in [0.2, 0.25) is 0 Å². The highest BCUT2D eigenvalue weighted by molar-refractivity contribution is 9.10. The van der Waals surface area contributed by atoms with Crippen LogP contribution in [0, 0.1) is 5.92 Å². The zero-order chi connectivity index (χ0) is 15.3. The molecule has 0 N–H and O–H groups in total. The minimum Gasteiger partial charge on any atom is -0.462 e. The number of ether oxygens (including phenoxy) is 1. The third-order valence-corrected chi connectivity index (χ3v) is 4.90. The number of benzene rings is 1. The first-order valence-corrected chi connectivity index (χ1v) is 9.23. The Morgan fingerprint density at radius 1 is 1.40 bits per heavy atom. The van der Waals surface area contributed by atoms with Crippen molar-refractivity contribution < 1.29 is 17.9 Å². The highest BCUT2D eigenvalue weighted by atomic mass is 79.9. The quantitative estimate of drug-likeness (QED) is 0.424. The molecule has 20 heavy (non-hydrogen) atoms. The van der Waals surface area contributed by atoms with E-state index in [1.165, 1.54) is 18.2 Å². The minimum atomic E-state index is -3.91. The lowest BCUT2D eigenvalue weighted by Crippen LogP contribution is -2.08. The van der Waals surface area contributed by atoms with Crippen molar-refractivity contribution >= 4 is 41.6 Å². The summed E-state index contributed by atoms with van der Waals surface area (Å²) in [6, 6.07) is 4.15. The number of halogens is 2. The molecule has 112 valence electrons. The van der Waals surface area contributed by atoms with Crippen molar-refractivity contribution in [3.63, 3.8) is 0 Å². The molecule has 1 aromatic carbocycles. The maximum absolute atomic E-state index is 11.8. The molecule has 0 bridgehead atoms. The van der Waals surface area contributed by atoms with E-state index in [-0.39, 0.29) is 10.5 Å². The molecule has 0 unspecified atom stereocenters. The number of hydrogen-bond acceptors (Lipinski definition) is 4. The van der Waals surface area contributed by atoms with E-state index in [0.717, 1.165) is 12.8 Å². The van der Waals surface area contributed by atoms with Crippen LogP contribution in [0.25, 0.3) is 0 Å². The van der Waals surface area contributed by atoms with Gasteiger partial charge in [0, 0.05) is 15.2 Å². The van der Waals surface area contributed by atoms with E-state index in [4.69, 9.17) is 15.4 Å². The third-order valence-electron chi connectivity index (χ3n) is 2.59. The summed E-state index contributed by atoms with van der Waals surface area (Å²) in [4.78, 5) is 11.7. The molecular weight excluding hydrogens is 368 g/mol. The molecule has 0 aliphatic carbocycles. The van der Waals surface area contributed by atoms with Crippen LogP contribution in [0.15, 0.2) is 27.6 Å². The van der Waals surface area contributed by atoms with Gasteiger partial charge in [-0.1, -0.05) is 13.8 Å². The topological polar surface area (TPSA) is 60.4 Å². The fourth-order valence-electron chi connectivity index (χ4n) is 1.56. The van der Waals surface area contributed by atoms with Gasteiger partial charge in [-0.25, -0.2) is 13.2 Å². The van der Waals surface area contributed by atoms with Crippen LogP contribution in [-0.2, 0) is 13.8 Å². The zero-order valence-electron chi connectivity index (χ0n) is 11.2. The standard InChI is InChI=1S/C13H16BrClO4S/c1-9(2)4-3-7-19-13(16)10-5-6-11(14)12(8-10)20(15,17)18/h5-6,8-9H,3-4,7H2,1-2H3. The van der Waals surface area contributed by atoms with Gasteiger partial charge in [0.15, 0.2) is 0 Å². The van der Waals surface area contributed by atoms with Crippen molar-refractivity contribution in [2.75, 3.05) is 6.61 Å². The van der Waals surface area contributed by atoms with Gasteiger partial charge in [-0.3, -0.25) is 0 Å². The van der Waals surface area contributed by atoms with E-state index in [1.807, 2.05) is 0 Å². The van der Waals surface area contributed by atoms with Crippen LogP contribution < -0.4 is 0 Å². The van der Waals surface area contributed by atoms with Gasteiger partial charge in [-0.05, 0) is 52.9 Å². The summed E-state index contributed by atoms with van der Waals surface area (Å²) < 4.78 is 28.1. The van der Waals surface area contributed by atoms with Crippen LogP contribution in [0.3, 0.4) is 0 Å². The first-order chi connectivity index (χ1) is 9.21. The van der Waals surface area contributed by atoms with Crippen LogP contribution in [0.4, 0.5) is 0 Å². The highest BCUT2D eigenvalue weighted by Gasteiger charge is 2.18. The second kappa shape index (κ2) is 7.43. The van der Waals surface area contributed by atoms with Gasteiger partial charge in [0.25, 0.3) is 9.05 Å². The predicted octanol–water partition coefficient (Wildman–Crippen LogP) is 3.97. The van der Waals surface area contributed by atoms with Crippen molar-refractivity contribution in [2.24, 2.45) is 5.92 Å². The summed E-state index contributed by atoms with van der Waals surface area (Å²) in [5, 5.41) is 0. The van der Waals surface area contributed by atoms with E-state index in [1.54, 1.807) is 0 Å². The van der Waals surface area contributed by atoms with Crippen molar-refractivity contribution in [1.82, 2.24) is 0 Å². The molecule has 0 spiro atoms. The zero-order valence-corrected chi connectivity index (χ0v) is 14.4. The van der Waals surface area contributed by atoms with E-state index < -0.39 is 15.0 Å². The molecule has 0 aromatic heterocycles. The second-order valence-electron chi connectivity index (χ2n) is 4.76. The molecule has 0 aliphatic rings. The summed E-state index contributed by atoms with van der Waals surface area (Å²) in [6.07, 6.45) is 1.75.